The predicted molar refractivity (Wildman–Crippen MR) is 61.8 cm³/mol. The molecule has 0 saturated carbocycles. The average Bonchev–Trinajstić information content (AvgIpc) is 1.77. The second-order valence-electron chi connectivity index (χ2n) is 6.45. The van der Waals surface area contributed by atoms with Crippen LogP contribution >= 0.6 is 0 Å². The molecule has 0 spiro atoms. The first-order valence-corrected chi connectivity index (χ1v) is 5.20. The summed E-state index contributed by atoms with van der Waals surface area (Å²) in [5.41, 5.74) is 2.14. The van der Waals surface area contributed by atoms with Crippen molar-refractivity contribution in [3.05, 3.63) is 11.6 Å². The third-order valence-electron chi connectivity index (χ3n) is 2.37. The van der Waals surface area contributed by atoms with Gasteiger partial charge in [0, 0.05) is 0 Å². The van der Waals surface area contributed by atoms with Crippen molar-refractivity contribution in [3.8, 4) is 0 Å². The Bertz CT molecular complexity index is 165. The molecule has 0 saturated heterocycles. The van der Waals surface area contributed by atoms with E-state index in [1.165, 1.54) is 5.57 Å². The molecule has 0 nitrogen and oxygen atoms in total. The summed E-state index contributed by atoms with van der Waals surface area (Å²) in [7, 11) is 0. The van der Waals surface area contributed by atoms with Gasteiger partial charge >= 0.3 is 0 Å². The van der Waals surface area contributed by atoms with E-state index in [1.54, 1.807) is 0 Å². The fourth-order valence-corrected chi connectivity index (χ4v) is 2.13. The quantitative estimate of drug-likeness (QED) is 0.517. The van der Waals surface area contributed by atoms with Crippen LogP contribution in [0.3, 0.4) is 0 Å². The van der Waals surface area contributed by atoms with Crippen LogP contribution in [0, 0.1) is 16.7 Å². The molecule has 0 bridgehead atoms. The van der Waals surface area contributed by atoms with E-state index >= 15 is 0 Å². The van der Waals surface area contributed by atoms with E-state index in [0.29, 0.717) is 16.7 Å². The molecule has 0 unspecified atom stereocenters. The topological polar surface area (TPSA) is 0 Å². The summed E-state index contributed by atoms with van der Waals surface area (Å²) in [6, 6.07) is 0. The van der Waals surface area contributed by atoms with Crippen molar-refractivity contribution in [2.45, 2.75) is 55.4 Å². The Hall–Kier alpha value is -0.260. The Morgan fingerprint density at radius 2 is 1.15 bits per heavy atom. The molecule has 0 fully saturated rings. The summed E-state index contributed by atoms with van der Waals surface area (Å²) in [5.74, 6) is 0.644. The van der Waals surface area contributed by atoms with Crippen LogP contribution in [0.25, 0.3) is 0 Å². The second kappa shape index (κ2) is 3.86. The van der Waals surface area contributed by atoms with E-state index < -0.39 is 0 Å². The highest BCUT2D eigenvalue weighted by Gasteiger charge is 2.32. The lowest BCUT2D eigenvalue weighted by atomic mass is 9.66. The van der Waals surface area contributed by atoms with Gasteiger partial charge < -0.3 is 0 Å². The molecular formula is C13H26. The van der Waals surface area contributed by atoms with Crippen LogP contribution in [0.4, 0.5) is 0 Å². The minimum Gasteiger partial charge on any atom is -0.0817 e. The highest BCUT2D eigenvalue weighted by Crippen LogP contribution is 2.41. The summed E-state index contributed by atoms with van der Waals surface area (Å²) in [4.78, 5) is 0. The molecule has 0 aromatic rings. The van der Waals surface area contributed by atoms with Crippen LogP contribution in [0.2, 0.25) is 0 Å². The third kappa shape index (κ3) is 4.50. The molecule has 78 valence electrons. The Morgan fingerprint density at radius 1 is 0.846 bits per heavy atom. The zero-order chi connectivity index (χ0) is 10.9. The first-order chi connectivity index (χ1) is 5.55. The van der Waals surface area contributed by atoms with Crippen molar-refractivity contribution < 1.29 is 0 Å². The normalized spacial score (nSPS) is 13.3. The van der Waals surface area contributed by atoms with Crippen molar-refractivity contribution in [2.24, 2.45) is 16.7 Å². The molecule has 0 amide bonds. The van der Waals surface area contributed by atoms with Crippen molar-refractivity contribution >= 4 is 0 Å². The molecule has 0 aliphatic heterocycles. The van der Waals surface area contributed by atoms with Crippen LogP contribution in [-0.4, -0.2) is 0 Å². The molecule has 0 N–H and O–H groups in total. The highest BCUT2D eigenvalue weighted by molar-refractivity contribution is 5.04. The van der Waals surface area contributed by atoms with Gasteiger partial charge in [-0.25, -0.2) is 0 Å². The van der Waals surface area contributed by atoms with Crippen LogP contribution < -0.4 is 0 Å². The monoisotopic (exact) mass is 182 g/mol. The molecule has 0 heteroatoms. The van der Waals surface area contributed by atoms with E-state index in [2.05, 4.69) is 61.5 Å². The van der Waals surface area contributed by atoms with Gasteiger partial charge in [0.05, 0.1) is 0 Å². The second-order valence-corrected chi connectivity index (χ2v) is 6.45. The maximum Gasteiger partial charge on any atom is -0.0134 e. The summed E-state index contributed by atoms with van der Waals surface area (Å²) >= 11 is 0. The minimum atomic E-state index is 0.357. The highest BCUT2D eigenvalue weighted by atomic mass is 14.4. The Balaban J connectivity index is 4.90. The summed E-state index contributed by atoms with van der Waals surface area (Å²) in [5, 5.41) is 0. The van der Waals surface area contributed by atoms with Gasteiger partial charge in [-0.15, -0.1) is 0 Å². The Labute approximate surface area is 84.4 Å². The molecule has 0 heterocycles. The molecular weight excluding hydrogens is 156 g/mol. The summed E-state index contributed by atoms with van der Waals surface area (Å²) in [6.07, 6.45) is 2.42. The number of rotatable bonds is 1. The molecule has 0 rings (SSSR count). The van der Waals surface area contributed by atoms with Crippen LogP contribution in [0.5, 0.6) is 0 Å². The van der Waals surface area contributed by atoms with E-state index in [0.717, 1.165) is 0 Å². The lowest BCUT2D eigenvalue weighted by Gasteiger charge is -2.39. The lowest BCUT2D eigenvalue weighted by Crippen LogP contribution is -2.31. The van der Waals surface area contributed by atoms with Crippen LogP contribution in [0.15, 0.2) is 11.6 Å². The van der Waals surface area contributed by atoms with E-state index in [1.807, 2.05) is 0 Å². The van der Waals surface area contributed by atoms with E-state index in [4.69, 9.17) is 0 Å². The lowest BCUT2D eigenvalue weighted by molar-refractivity contribution is 0.148. The summed E-state index contributed by atoms with van der Waals surface area (Å²) < 4.78 is 0. The Morgan fingerprint density at radius 3 is 1.23 bits per heavy atom. The molecule has 13 heavy (non-hydrogen) atoms. The largest absolute Gasteiger partial charge is 0.0817 e. The van der Waals surface area contributed by atoms with Gasteiger partial charge in [0.2, 0.25) is 0 Å². The first kappa shape index (κ1) is 12.7. The van der Waals surface area contributed by atoms with Gasteiger partial charge in [0.1, 0.15) is 0 Å². The zero-order valence-electron chi connectivity index (χ0n) is 10.7. The van der Waals surface area contributed by atoms with Gasteiger partial charge in [0.15, 0.2) is 0 Å². The predicted octanol–water partition coefficient (Wildman–Crippen LogP) is 4.66. The summed E-state index contributed by atoms with van der Waals surface area (Å²) in [6.45, 7) is 18.3. The van der Waals surface area contributed by atoms with Gasteiger partial charge in [-0.05, 0) is 30.6 Å². The average molecular weight is 182 g/mol. The molecule has 0 aliphatic rings. The Kier molecular flexibility index (Phi) is 3.78. The van der Waals surface area contributed by atoms with Gasteiger partial charge in [-0.1, -0.05) is 53.2 Å². The SMILES string of the molecule is CC(C)=CC(C(C)(C)C)C(C)(C)C. The molecule has 0 aliphatic carbocycles. The van der Waals surface area contributed by atoms with Crippen molar-refractivity contribution in [2.75, 3.05) is 0 Å². The van der Waals surface area contributed by atoms with Crippen molar-refractivity contribution in [1.29, 1.82) is 0 Å². The van der Waals surface area contributed by atoms with E-state index in [-0.39, 0.29) is 0 Å². The fraction of sp³-hybridized carbons (Fsp3) is 0.846. The van der Waals surface area contributed by atoms with Crippen LogP contribution in [-0.2, 0) is 0 Å². The van der Waals surface area contributed by atoms with E-state index in [9.17, 15) is 0 Å². The van der Waals surface area contributed by atoms with Gasteiger partial charge in [-0.2, -0.15) is 0 Å². The maximum absolute atomic E-state index is 2.42. The number of hydrogen-bond acceptors (Lipinski definition) is 0. The third-order valence-corrected chi connectivity index (χ3v) is 2.37. The molecule has 0 radical (unpaired) electrons. The fourth-order valence-electron chi connectivity index (χ4n) is 2.13. The van der Waals surface area contributed by atoms with Gasteiger partial charge in [-0.3, -0.25) is 0 Å². The number of allylic oxidation sites excluding steroid dienone is 2. The molecule has 0 atom stereocenters. The zero-order valence-corrected chi connectivity index (χ0v) is 10.7. The van der Waals surface area contributed by atoms with Crippen molar-refractivity contribution in [1.82, 2.24) is 0 Å². The van der Waals surface area contributed by atoms with Crippen molar-refractivity contribution in [3.63, 3.8) is 0 Å². The number of hydrogen-bond donors (Lipinski definition) is 0. The van der Waals surface area contributed by atoms with Gasteiger partial charge in [0.25, 0.3) is 0 Å². The smallest absolute Gasteiger partial charge is 0.0134 e. The molecule has 0 aromatic heterocycles. The van der Waals surface area contributed by atoms with Crippen LogP contribution in [0.1, 0.15) is 55.4 Å². The maximum atomic E-state index is 2.42. The molecule has 0 aromatic carbocycles. The minimum absolute atomic E-state index is 0.357. The first-order valence-electron chi connectivity index (χ1n) is 5.20. The standard InChI is InChI=1S/C13H26/c1-10(2)9-11(12(3,4)5)13(6,7)8/h9,11H,1-8H3.